The summed E-state index contributed by atoms with van der Waals surface area (Å²) in [6.45, 7) is 8.55. The maximum atomic E-state index is 10.0. The second-order valence-corrected chi connectivity index (χ2v) is 8.16. The molecule has 0 fully saturated rings. The van der Waals surface area contributed by atoms with Gasteiger partial charge in [-0.05, 0) is 42.0 Å². The quantitative estimate of drug-likeness (QED) is 0.273. The molecular formula is C25H25IrNO4-2. The number of fused-ring (bicyclic) bond motifs is 4. The molecule has 6 heteroatoms. The molecule has 1 aliphatic carbocycles. The molecule has 165 valence electrons. The summed E-state index contributed by atoms with van der Waals surface area (Å²) in [4.78, 5) is 10.0. The zero-order valence-corrected chi connectivity index (χ0v) is 20.4. The Kier molecular flexibility index (Phi) is 6.63. The predicted molar refractivity (Wildman–Crippen MR) is 116 cm³/mol. The van der Waals surface area contributed by atoms with Crippen molar-refractivity contribution in [2.45, 2.75) is 39.2 Å². The van der Waals surface area contributed by atoms with E-state index in [2.05, 4.69) is 44.2 Å². The Morgan fingerprint density at radius 3 is 2.71 bits per heavy atom. The molecule has 0 saturated heterocycles. The molecule has 3 aliphatic rings. The van der Waals surface area contributed by atoms with Crippen molar-refractivity contribution >= 4 is 11.9 Å². The number of benzene rings is 2. The summed E-state index contributed by atoms with van der Waals surface area (Å²) in [5.41, 5.74) is 5.92. The zero-order chi connectivity index (χ0) is 21.5. The molecule has 0 bridgehead atoms. The first-order valence-electron chi connectivity index (χ1n) is 10.0. The van der Waals surface area contributed by atoms with Crippen LogP contribution < -0.4 is 9.47 Å². The van der Waals surface area contributed by atoms with Gasteiger partial charge < -0.3 is 19.9 Å². The third kappa shape index (κ3) is 4.15. The molecule has 2 aromatic carbocycles. The fourth-order valence-corrected chi connectivity index (χ4v) is 4.43. The number of carbonyl (C=O) groups excluding carboxylic acids is 1. The fourth-order valence-electron chi connectivity index (χ4n) is 4.43. The van der Waals surface area contributed by atoms with E-state index in [-0.39, 0.29) is 43.1 Å². The molecule has 1 N–H and O–H groups in total. The van der Waals surface area contributed by atoms with Crippen molar-refractivity contribution < 1.29 is 39.5 Å². The Bertz CT molecular complexity index is 1070. The van der Waals surface area contributed by atoms with Crippen molar-refractivity contribution in [3.05, 3.63) is 81.5 Å². The van der Waals surface area contributed by atoms with Crippen molar-refractivity contribution in [1.29, 1.82) is 0 Å². The number of hydrogen-bond acceptors (Lipinski definition) is 4. The predicted octanol–water partition coefficient (Wildman–Crippen LogP) is 5.38. The largest absolute Gasteiger partial charge is 0.682 e. The van der Waals surface area contributed by atoms with Gasteiger partial charge in [-0.15, -0.1) is 5.56 Å². The van der Waals surface area contributed by atoms with Gasteiger partial charge in [0.1, 0.15) is 13.2 Å². The van der Waals surface area contributed by atoms with Crippen LogP contribution in [0.3, 0.4) is 0 Å². The Labute approximate surface area is 196 Å². The smallest absolute Gasteiger partial charge is 0.164 e. The second-order valence-electron chi connectivity index (χ2n) is 8.16. The molecule has 1 radical (unpaired) electrons. The summed E-state index contributed by atoms with van der Waals surface area (Å²) < 4.78 is 11.9. The maximum absolute atomic E-state index is 10.0. The summed E-state index contributed by atoms with van der Waals surface area (Å²) in [7, 11) is 0. The van der Waals surface area contributed by atoms with Crippen LogP contribution in [-0.2, 0) is 30.3 Å². The summed E-state index contributed by atoms with van der Waals surface area (Å²) in [6.07, 6.45) is 5.13. The van der Waals surface area contributed by atoms with Gasteiger partial charge in [-0.3, -0.25) is 4.79 Å². The second kappa shape index (κ2) is 8.89. The number of aliphatic hydroxyl groups excluding tert-OH is 1. The van der Waals surface area contributed by atoms with E-state index < -0.39 is 0 Å². The molecule has 1 unspecified atom stereocenters. The minimum absolute atomic E-state index is 0. The molecule has 31 heavy (non-hydrogen) atoms. The van der Waals surface area contributed by atoms with E-state index in [0.29, 0.717) is 13.2 Å². The van der Waals surface area contributed by atoms with E-state index in [9.17, 15) is 4.79 Å². The van der Waals surface area contributed by atoms with Gasteiger partial charge in [0, 0.05) is 26.2 Å². The first-order valence-corrected chi connectivity index (χ1v) is 10.0. The van der Waals surface area contributed by atoms with Gasteiger partial charge >= 0.3 is 0 Å². The average Bonchev–Trinajstić information content (AvgIpc) is 2.70. The van der Waals surface area contributed by atoms with Crippen molar-refractivity contribution in [3.8, 4) is 11.5 Å². The van der Waals surface area contributed by atoms with Crippen LogP contribution in [0.4, 0.5) is 0 Å². The Morgan fingerprint density at radius 1 is 1.29 bits per heavy atom. The van der Waals surface area contributed by atoms with E-state index in [1.165, 1.54) is 47.7 Å². The first kappa shape index (κ1) is 23.1. The summed E-state index contributed by atoms with van der Waals surface area (Å²) in [5.74, 6) is 1.68. The number of allylic oxidation sites excluding steroid dienone is 2. The number of carbonyl (C=O) groups is 1. The molecule has 0 spiro atoms. The molecule has 2 aromatic rings. The molecule has 2 aliphatic heterocycles. The van der Waals surface area contributed by atoms with Gasteiger partial charge in [-0.25, -0.2) is 0 Å². The molecule has 0 amide bonds. The zero-order valence-electron chi connectivity index (χ0n) is 18.0. The van der Waals surface area contributed by atoms with Crippen molar-refractivity contribution in [2.75, 3.05) is 13.2 Å². The monoisotopic (exact) mass is 596 g/mol. The van der Waals surface area contributed by atoms with Gasteiger partial charge in [0.05, 0.1) is 5.76 Å². The average molecular weight is 596 g/mol. The number of rotatable bonds is 1. The van der Waals surface area contributed by atoms with Gasteiger partial charge in [-0.2, -0.15) is 36.0 Å². The molecule has 5 nitrogen and oxygen atoms in total. The Balaban J connectivity index is 0.000000299. The topological polar surface area (TPSA) is 69.9 Å². The van der Waals surface area contributed by atoms with E-state index >= 15 is 0 Å². The molecule has 5 rings (SSSR count). The minimum Gasteiger partial charge on any atom is -0.682 e. The van der Waals surface area contributed by atoms with Crippen LogP contribution in [0.15, 0.2) is 42.3 Å². The van der Waals surface area contributed by atoms with Crippen LogP contribution in [0.5, 0.6) is 11.5 Å². The number of hydrogen-bond donors (Lipinski definition) is 1. The maximum Gasteiger partial charge on any atom is 0.164 e. The summed E-state index contributed by atoms with van der Waals surface area (Å²) in [5, 5.41) is 13.1. The molecule has 0 saturated carbocycles. The van der Waals surface area contributed by atoms with Crippen LogP contribution in [0.1, 0.15) is 61.6 Å². The van der Waals surface area contributed by atoms with Crippen molar-refractivity contribution in [3.63, 3.8) is 0 Å². The van der Waals surface area contributed by atoms with Crippen LogP contribution >= 0.6 is 0 Å². The molecule has 2 heterocycles. The van der Waals surface area contributed by atoms with Crippen molar-refractivity contribution in [2.24, 2.45) is 0 Å². The third-order valence-corrected chi connectivity index (χ3v) is 5.54. The molecular weight excluding hydrogens is 570 g/mol. The number of ether oxygens (including phenoxy) is 2. The summed E-state index contributed by atoms with van der Waals surface area (Å²) >= 11 is 0. The molecule has 1 atom stereocenters. The standard InChI is InChI=1S/C20H17NO2.C5H8O2.Ir/c1-20(2)14-6-4-3-5-13(14)18-16-12(7-8-21-18)11-15-19(17(16)20)23-10-9-22-15;1-4(6)3-5(2)7;/h3-4,6-8,11,18H,9-10H2,1-2H3;3,6H,1-2H3;/q-2;;. The van der Waals surface area contributed by atoms with E-state index in [1.807, 2.05) is 12.3 Å². The van der Waals surface area contributed by atoms with Crippen LogP contribution in [0.2, 0.25) is 0 Å². The van der Waals surface area contributed by atoms with Gasteiger partial charge in [0.25, 0.3) is 0 Å². The fraction of sp³-hybridized carbons (Fsp3) is 0.320. The van der Waals surface area contributed by atoms with Crippen LogP contribution in [-0.4, -0.2) is 24.1 Å². The van der Waals surface area contributed by atoms with E-state index in [0.717, 1.165) is 11.5 Å². The third-order valence-electron chi connectivity index (χ3n) is 5.54. The minimum atomic E-state index is -0.166. The van der Waals surface area contributed by atoms with Crippen molar-refractivity contribution in [1.82, 2.24) is 0 Å². The Morgan fingerprint density at radius 2 is 2.03 bits per heavy atom. The van der Waals surface area contributed by atoms with Gasteiger partial charge in [0.15, 0.2) is 17.3 Å². The molecule has 0 aromatic heterocycles. The normalized spacial score (nSPS) is 18.8. The van der Waals surface area contributed by atoms with Crippen LogP contribution in [0.25, 0.3) is 11.4 Å². The SMILES string of the molecule is CC(=O)C=C(C)O.CC1(C)c2ccc[c-]c2C2[N-]C=Cc3cc4c(c1c32)OCCO4.[Ir]. The first-order chi connectivity index (χ1) is 14.3. The van der Waals surface area contributed by atoms with Gasteiger partial charge in [-0.1, -0.05) is 26.0 Å². The van der Waals surface area contributed by atoms with Gasteiger partial charge in [0.2, 0.25) is 0 Å². The van der Waals surface area contributed by atoms with E-state index in [4.69, 9.17) is 19.9 Å². The number of nitrogens with zero attached hydrogens (tertiary/aromatic N) is 1. The summed E-state index contributed by atoms with van der Waals surface area (Å²) in [6, 6.07) is 11.7. The number of aliphatic hydroxyl groups is 1. The Hall–Kier alpha value is -2.56. The van der Waals surface area contributed by atoms with Crippen LogP contribution in [0, 0.1) is 6.07 Å². The number of ketones is 1. The van der Waals surface area contributed by atoms with E-state index in [1.54, 1.807) is 0 Å².